The first-order valence-electron chi connectivity index (χ1n) is 5.71. The number of hydrogen-bond acceptors (Lipinski definition) is 4. The van der Waals surface area contributed by atoms with Crippen molar-refractivity contribution in [3.63, 3.8) is 0 Å². The number of rotatable bonds is 4. The van der Waals surface area contributed by atoms with E-state index in [4.69, 9.17) is 15.6 Å². The van der Waals surface area contributed by atoms with Gasteiger partial charge in [-0.1, -0.05) is 11.6 Å². The van der Waals surface area contributed by atoms with Crippen molar-refractivity contribution in [1.29, 1.82) is 0 Å². The van der Waals surface area contributed by atoms with Crippen LogP contribution < -0.4 is 10.5 Å². The number of aliphatic carboxylic acids is 1. The van der Waals surface area contributed by atoms with Gasteiger partial charge in [0, 0.05) is 5.56 Å². The molecule has 19 heavy (non-hydrogen) atoms. The highest BCUT2D eigenvalue weighted by Gasteiger charge is 2.19. The van der Waals surface area contributed by atoms with Gasteiger partial charge in [0.05, 0.1) is 19.0 Å². The number of benzene rings is 1. The van der Waals surface area contributed by atoms with Crippen LogP contribution in [0.2, 0.25) is 0 Å². The smallest absolute Gasteiger partial charge is 0.328 e. The molecule has 6 nitrogen and oxygen atoms in total. The first-order valence-corrected chi connectivity index (χ1v) is 5.71. The Labute approximate surface area is 110 Å². The fourth-order valence-electron chi connectivity index (χ4n) is 1.78. The lowest BCUT2D eigenvalue weighted by molar-refractivity contribution is -0.138. The number of carbonyl (C=O) groups is 1. The van der Waals surface area contributed by atoms with Gasteiger partial charge in [-0.15, -0.1) is 0 Å². The Balaban J connectivity index is 2.43. The van der Waals surface area contributed by atoms with E-state index >= 15 is 0 Å². The van der Waals surface area contributed by atoms with Gasteiger partial charge in [-0.2, -0.15) is 0 Å². The van der Waals surface area contributed by atoms with Crippen LogP contribution in [0.15, 0.2) is 24.4 Å². The summed E-state index contributed by atoms with van der Waals surface area (Å²) >= 11 is 0. The quantitative estimate of drug-likeness (QED) is 0.773. The molecule has 0 aliphatic carbocycles. The molecule has 0 saturated heterocycles. The zero-order valence-electron chi connectivity index (χ0n) is 10.7. The van der Waals surface area contributed by atoms with Crippen molar-refractivity contribution in [2.45, 2.75) is 13.0 Å². The number of nitrogens with one attached hydrogen (secondary N) is 1. The number of aromatic nitrogens is 2. The number of carboxylic acid groups (broad SMARTS) is 1. The van der Waals surface area contributed by atoms with Gasteiger partial charge in [-0.25, -0.2) is 4.98 Å². The van der Waals surface area contributed by atoms with Gasteiger partial charge < -0.3 is 20.6 Å². The summed E-state index contributed by atoms with van der Waals surface area (Å²) in [6.07, 6.45) is 1.55. The molecular weight excluding hydrogens is 246 g/mol. The number of imidazole rings is 1. The van der Waals surface area contributed by atoms with E-state index in [0.717, 1.165) is 11.1 Å². The van der Waals surface area contributed by atoms with Crippen LogP contribution in [0, 0.1) is 6.92 Å². The van der Waals surface area contributed by atoms with E-state index < -0.39 is 12.0 Å². The molecule has 1 aromatic carbocycles. The van der Waals surface area contributed by atoms with Crippen LogP contribution in [0.3, 0.4) is 0 Å². The minimum atomic E-state index is -1.16. The molecular formula is C13H15N3O3. The summed E-state index contributed by atoms with van der Waals surface area (Å²) in [4.78, 5) is 17.7. The molecule has 4 N–H and O–H groups in total. The van der Waals surface area contributed by atoms with Crippen molar-refractivity contribution >= 4 is 5.97 Å². The Hall–Kier alpha value is -2.34. The number of aromatic amines is 1. The van der Waals surface area contributed by atoms with Gasteiger partial charge in [0.15, 0.2) is 6.04 Å². The first-order chi connectivity index (χ1) is 9.02. The molecule has 0 radical (unpaired) electrons. The Kier molecular flexibility index (Phi) is 3.52. The highest BCUT2D eigenvalue weighted by molar-refractivity contribution is 5.75. The predicted octanol–water partition coefficient (Wildman–Crippen LogP) is 1.48. The fourth-order valence-corrected chi connectivity index (χ4v) is 1.78. The average molecular weight is 261 g/mol. The summed E-state index contributed by atoms with van der Waals surface area (Å²) in [6, 6.07) is 4.55. The molecule has 1 aromatic heterocycles. The maximum Gasteiger partial charge on any atom is 0.328 e. The standard InChI is InChI=1S/C13H15N3O3/c1-7-3-4-10(19-2)8(5-7)9-6-15-12(16-9)11(14)13(17)18/h3-6,11H,14H2,1-2H3,(H,15,16)(H,17,18). The highest BCUT2D eigenvalue weighted by atomic mass is 16.5. The van der Waals surface area contributed by atoms with Gasteiger partial charge in [0.2, 0.25) is 0 Å². The normalized spacial score (nSPS) is 12.2. The van der Waals surface area contributed by atoms with Gasteiger partial charge >= 0.3 is 5.97 Å². The summed E-state index contributed by atoms with van der Waals surface area (Å²) < 4.78 is 5.28. The number of H-pyrrole nitrogens is 1. The average Bonchev–Trinajstić information content (AvgIpc) is 2.87. The Bertz CT molecular complexity index is 607. The summed E-state index contributed by atoms with van der Waals surface area (Å²) in [5.74, 6) is -0.229. The monoisotopic (exact) mass is 261 g/mol. The second kappa shape index (κ2) is 5.11. The molecule has 0 spiro atoms. The first kappa shape index (κ1) is 13.1. The van der Waals surface area contributed by atoms with E-state index in [1.165, 1.54) is 0 Å². The topological polar surface area (TPSA) is 101 Å². The number of carboxylic acids is 1. The molecule has 2 aromatic rings. The van der Waals surface area contributed by atoms with E-state index in [1.807, 2.05) is 25.1 Å². The Morgan fingerprint density at radius 1 is 1.53 bits per heavy atom. The summed E-state index contributed by atoms with van der Waals surface area (Å²) in [6.45, 7) is 1.96. The number of nitrogens with two attached hydrogens (primary N) is 1. The fraction of sp³-hybridized carbons (Fsp3) is 0.231. The Morgan fingerprint density at radius 2 is 2.26 bits per heavy atom. The van der Waals surface area contributed by atoms with Gasteiger partial charge in [-0.3, -0.25) is 4.79 Å². The summed E-state index contributed by atoms with van der Waals surface area (Å²) in [5, 5.41) is 8.85. The lowest BCUT2D eigenvalue weighted by Gasteiger charge is -2.07. The maximum atomic E-state index is 10.8. The minimum Gasteiger partial charge on any atom is -0.496 e. The number of hydrogen-bond donors (Lipinski definition) is 3. The van der Waals surface area contributed by atoms with E-state index in [2.05, 4.69) is 9.97 Å². The lowest BCUT2D eigenvalue weighted by atomic mass is 10.1. The maximum absolute atomic E-state index is 10.8. The van der Waals surface area contributed by atoms with Crippen LogP contribution in [0.4, 0.5) is 0 Å². The molecule has 100 valence electrons. The Morgan fingerprint density at radius 3 is 2.89 bits per heavy atom. The van der Waals surface area contributed by atoms with Crippen LogP contribution in [-0.2, 0) is 4.79 Å². The molecule has 1 atom stereocenters. The molecule has 0 amide bonds. The van der Waals surface area contributed by atoms with E-state index in [-0.39, 0.29) is 5.82 Å². The van der Waals surface area contributed by atoms with Crippen LogP contribution in [0.25, 0.3) is 11.3 Å². The molecule has 1 unspecified atom stereocenters. The number of ether oxygens (including phenoxy) is 1. The van der Waals surface area contributed by atoms with Crippen molar-refractivity contribution in [3.05, 3.63) is 35.8 Å². The van der Waals surface area contributed by atoms with Crippen molar-refractivity contribution < 1.29 is 14.6 Å². The van der Waals surface area contributed by atoms with Crippen LogP contribution in [-0.4, -0.2) is 28.2 Å². The molecule has 0 saturated carbocycles. The van der Waals surface area contributed by atoms with Gasteiger partial charge in [0.1, 0.15) is 11.6 Å². The summed E-state index contributed by atoms with van der Waals surface area (Å²) in [7, 11) is 1.58. The number of nitrogens with zero attached hydrogens (tertiary/aromatic N) is 1. The molecule has 0 aliphatic rings. The van der Waals surface area contributed by atoms with Crippen molar-refractivity contribution in [3.8, 4) is 17.0 Å². The van der Waals surface area contributed by atoms with E-state index in [9.17, 15) is 4.79 Å². The van der Waals surface area contributed by atoms with E-state index in [0.29, 0.717) is 11.4 Å². The molecule has 2 rings (SSSR count). The zero-order valence-corrected chi connectivity index (χ0v) is 10.7. The number of aryl methyl sites for hydroxylation is 1. The van der Waals surface area contributed by atoms with Crippen molar-refractivity contribution in [1.82, 2.24) is 9.97 Å². The lowest BCUT2D eigenvalue weighted by Crippen LogP contribution is -2.21. The molecule has 6 heteroatoms. The molecule has 1 heterocycles. The third kappa shape index (κ3) is 2.58. The minimum absolute atomic E-state index is 0.214. The summed E-state index contributed by atoms with van der Waals surface area (Å²) in [5.41, 5.74) is 8.06. The predicted molar refractivity (Wildman–Crippen MR) is 69.9 cm³/mol. The molecule has 0 bridgehead atoms. The van der Waals surface area contributed by atoms with Crippen LogP contribution in [0.5, 0.6) is 5.75 Å². The van der Waals surface area contributed by atoms with Gasteiger partial charge in [0.25, 0.3) is 0 Å². The third-order valence-corrected chi connectivity index (χ3v) is 2.80. The molecule has 0 fully saturated rings. The van der Waals surface area contributed by atoms with Crippen molar-refractivity contribution in [2.75, 3.05) is 7.11 Å². The SMILES string of the molecule is COc1ccc(C)cc1-c1cnc(C(N)C(=O)O)[nH]1. The third-order valence-electron chi connectivity index (χ3n) is 2.80. The van der Waals surface area contributed by atoms with E-state index in [1.54, 1.807) is 13.3 Å². The van der Waals surface area contributed by atoms with Crippen LogP contribution in [0.1, 0.15) is 17.4 Å². The second-order valence-electron chi connectivity index (χ2n) is 4.20. The zero-order chi connectivity index (χ0) is 14.0. The van der Waals surface area contributed by atoms with Crippen molar-refractivity contribution in [2.24, 2.45) is 5.73 Å². The largest absolute Gasteiger partial charge is 0.496 e. The molecule has 0 aliphatic heterocycles. The highest BCUT2D eigenvalue weighted by Crippen LogP contribution is 2.30. The van der Waals surface area contributed by atoms with Crippen LogP contribution >= 0.6 is 0 Å². The number of methoxy groups -OCH3 is 1. The van der Waals surface area contributed by atoms with Gasteiger partial charge in [-0.05, 0) is 19.1 Å². The second-order valence-corrected chi connectivity index (χ2v) is 4.20.